The minimum Gasteiger partial charge on any atom is -0.481 e. The number of carboxylic acids is 2. The van der Waals surface area contributed by atoms with Crippen molar-refractivity contribution in [2.24, 2.45) is 11.5 Å². The first-order valence-corrected chi connectivity index (χ1v) is 3.26. The molecule has 0 aromatic rings. The standard InChI is InChI=1S/C2H8N2O.2C2H4O2/c3-1-2(4)5;2*1-2(3)4/h2,5H,1,3-4H2;2*1H3,(H,3,4). The SMILES string of the molecule is CC(=O)O.CC(=O)O.NCC(N)O. The van der Waals surface area contributed by atoms with Crippen molar-refractivity contribution in [1.29, 1.82) is 0 Å². The predicted molar refractivity (Wildman–Crippen MR) is 45.9 cm³/mol. The van der Waals surface area contributed by atoms with E-state index in [1.54, 1.807) is 0 Å². The third kappa shape index (κ3) is 1250. The summed E-state index contributed by atoms with van der Waals surface area (Å²) in [7, 11) is 0. The number of carboxylic acid groups (broad SMARTS) is 2. The molecule has 0 bridgehead atoms. The van der Waals surface area contributed by atoms with Crippen molar-refractivity contribution in [1.82, 2.24) is 0 Å². The summed E-state index contributed by atoms with van der Waals surface area (Å²) in [5, 5.41) is 22.8. The first-order chi connectivity index (χ1) is 5.73. The zero-order chi connectivity index (χ0) is 11.4. The Kier molecular flexibility index (Phi) is 18.4. The van der Waals surface area contributed by atoms with Crippen LogP contribution in [0.25, 0.3) is 0 Å². The smallest absolute Gasteiger partial charge is 0.300 e. The molecule has 0 heterocycles. The molecule has 0 aromatic carbocycles. The van der Waals surface area contributed by atoms with Crippen LogP contribution < -0.4 is 11.5 Å². The van der Waals surface area contributed by atoms with E-state index < -0.39 is 18.2 Å². The minimum atomic E-state index is -0.838. The van der Waals surface area contributed by atoms with Crippen molar-refractivity contribution in [2.45, 2.75) is 20.1 Å². The largest absolute Gasteiger partial charge is 0.481 e. The summed E-state index contributed by atoms with van der Waals surface area (Å²) in [4.78, 5) is 18.0. The van der Waals surface area contributed by atoms with Crippen LogP contribution in [0, 0.1) is 0 Å². The Morgan fingerprint density at radius 2 is 1.31 bits per heavy atom. The zero-order valence-electron chi connectivity index (χ0n) is 7.60. The van der Waals surface area contributed by atoms with Gasteiger partial charge in [-0.2, -0.15) is 0 Å². The van der Waals surface area contributed by atoms with Gasteiger partial charge in [-0.1, -0.05) is 0 Å². The monoisotopic (exact) mass is 196 g/mol. The summed E-state index contributed by atoms with van der Waals surface area (Å²) in [6, 6.07) is 0. The Morgan fingerprint density at radius 1 is 1.23 bits per heavy atom. The van der Waals surface area contributed by atoms with E-state index in [0.717, 1.165) is 13.8 Å². The van der Waals surface area contributed by atoms with Gasteiger partial charge in [0.1, 0.15) is 6.23 Å². The molecule has 0 saturated heterocycles. The van der Waals surface area contributed by atoms with E-state index in [4.69, 9.17) is 36.4 Å². The highest BCUT2D eigenvalue weighted by Crippen LogP contribution is 1.51. The lowest BCUT2D eigenvalue weighted by Crippen LogP contribution is -2.28. The highest BCUT2D eigenvalue weighted by atomic mass is 16.4. The van der Waals surface area contributed by atoms with E-state index >= 15 is 0 Å². The van der Waals surface area contributed by atoms with E-state index in [0.29, 0.717) is 0 Å². The second-order valence-corrected chi connectivity index (χ2v) is 1.84. The average molecular weight is 196 g/mol. The van der Waals surface area contributed by atoms with Gasteiger partial charge in [-0.25, -0.2) is 0 Å². The fourth-order valence-electron chi connectivity index (χ4n) is 0. The summed E-state index contributed by atoms with van der Waals surface area (Å²) in [5.74, 6) is -1.67. The van der Waals surface area contributed by atoms with Gasteiger partial charge in [0, 0.05) is 20.4 Å². The van der Waals surface area contributed by atoms with Gasteiger partial charge in [-0.05, 0) is 0 Å². The normalized spacial score (nSPS) is 9.62. The second kappa shape index (κ2) is 13.4. The Labute approximate surface area is 76.0 Å². The first-order valence-electron chi connectivity index (χ1n) is 3.26. The summed E-state index contributed by atoms with van der Waals surface area (Å²) >= 11 is 0. The lowest BCUT2D eigenvalue weighted by Gasteiger charge is -1.91. The van der Waals surface area contributed by atoms with Gasteiger partial charge in [0.15, 0.2) is 0 Å². The molecule has 7 nitrogen and oxygen atoms in total. The number of nitrogens with two attached hydrogens (primary N) is 2. The molecule has 0 fully saturated rings. The number of hydrogen-bond donors (Lipinski definition) is 5. The highest BCUT2D eigenvalue weighted by Gasteiger charge is 1.81. The molecule has 0 aliphatic heterocycles. The fraction of sp³-hybridized carbons (Fsp3) is 0.667. The van der Waals surface area contributed by atoms with Crippen LogP contribution in [0.4, 0.5) is 0 Å². The van der Waals surface area contributed by atoms with Gasteiger partial charge in [-0.15, -0.1) is 0 Å². The van der Waals surface area contributed by atoms with E-state index in [9.17, 15) is 0 Å². The molecule has 0 radical (unpaired) electrons. The van der Waals surface area contributed by atoms with Crippen molar-refractivity contribution >= 4 is 11.9 Å². The van der Waals surface area contributed by atoms with Gasteiger partial charge in [-0.3, -0.25) is 9.59 Å². The number of rotatable bonds is 1. The van der Waals surface area contributed by atoms with Gasteiger partial charge < -0.3 is 26.8 Å². The second-order valence-electron chi connectivity index (χ2n) is 1.84. The lowest BCUT2D eigenvalue weighted by atomic mass is 10.6. The maximum atomic E-state index is 9.00. The number of carbonyl (C=O) groups is 2. The molecule has 13 heavy (non-hydrogen) atoms. The summed E-state index contributed by atoms with van der Waals surface area (Å²) < 4.78 is 0. The molecule has 7 N–H and O–H groups in total. The van der Waals surface area contributed by atoms with Crippen LogP contribution in [-0.2, 0) is 9.59 Å². The molecule has 1 atom stereocenters. The minimum absolute atomic E-state index is 0.139. The van der Waals surface area contributed by atoms with Gasteiger partial charge in [0.2, 0.25) is 0 Å². The predicted octanol–water partition coefficient (Wildman–Crippen LogP) is -1.60. The van der Waals surface area contributed by atoms with Crippen LogP contribution in [0.15, 0.2) is 0 Å². The number of hydrogen-bond acceptors (Lipinski definition) is 5. The van der Waals surface area contributed by atoms with Crippen molar-refractivity contribution in [2.75, 3.05) is 6.54 Å². The zero-order valence-corrected chi connectivity index (χ0v) is 7.60. The van der Waals surface area contributed by atoms with Crippen molar-refractivity contribution in [3.05, 3.63) is 0 Å². The molecule has 0 aliphatic rings. The summed E-state index contributed by atoms with van der Waals surface area (Å²) in [6.45, 7) is 2.31. The Morgan fingerprint density at radius 3 is 1.31 bits per heavy atom. The van der Waals surface area contributed by atoms with Gasteiger partial charge in [0.25, 0.3) is 11.9 Å². The van der Waals surface area contributed by atoms with E-state index in [1.807, 2.05) is 0 Å². The molecular weight excluding hydrogens is 180 g/mol. The van der Waals surface area contributed by atoms with Crippen molar-refractivity contribution < 1.29 is 24.9 Å². The molecule has 0 aromatic heterocycles. The lowest BCUT2D eigenvalue weighted by molar-refractivity contribution is -0.135. The quantitative estimate of drug-likeness (QED) is 0.317. The third-order valence-corrected chi connectivity index (χ3v) is 0.241. The Hall–Kier alpha value is -1.18. The molecule has 0 spiro atoms. The summed E-state index contributed by atoms with van der Waals surface area (Å²) in [5.41, 5.74) is 9.52. The van der Waals surface area contributed by atoms with Crippen LogP contribution in [0.5, 0.6) is 0 Å². The van der Waals surface area contributed by atoms with Crippen LogP contribution in [0.3, 0.4) is 0 Å². The van der Waals surface area contributed by atoms with Crippen molar-refractivity contribution in [3.8, 4) is 0 Å². The van der Waals surface area contributed by atoms with Crippen LogP contribution in [-0.4, -0.2) is 40.0 Å². The van der Waals surface area contributed by atoms with Crippen LogP contribution in [0.2, 0.25) is 0 Å². The van der Waals surface area contributed by atoms with E-state index in [-0.39, 0.29) is 6.54 Å². The number of aliphatic carboxylic acids is 2. The fourth-order valence-corrected chi connectivity index (χ4v) is 0. The molecule has 7 heteroatoms. The highest BCUT2D eigenvalue weighted by molar-refractivity contribution is 5.63. The van der Waals surface area contributed by atoms with Gasteiger partial charge in [0.05, 0.1) is 0 Å². The van der Waals surface area contributed by atoms with E-state index in [2.05, 4.69) is 0 Å². The third-order valence-electron chi connectivity index (χ3n) is 0.241. The number of aliphatic hydroxyl groups is 1. The maximum Gasteiger partial charge on any atom is 0.300 e. The molecule has 0 saturated carbocycles. The van der Waals surface area contributed by atoms with Gasteiger partial charge >= 0.3 is 0 Å². The van der Waals surface area contributed by atoms with Crippen LogP contribution in [0.1, 0.15) is 13.8 Å². The van der Waals surface area contributed by atoms with Crippen LogP contribution >= 0.6 is 0 Å². The molecule has 0 aliphatic carbocycles. The number of aliphatic hydroxyl groups excluding tert-OH is 1. The molecule has 80 valence electrons. The topological polar surface area (TPSA) is 147 Å². The first kappa shape index (κ1) is 17.8. The molecule has 1 unspecified atom stereocenters. The molecule has 0 rings (SSSR count). The Bertz CT molecular complexity index is 117. The Balaban J connectivity index is -0.000000117. The molecular formula is C6H16N2O5. The van der Waals surface area contributed by atoms with Crippen molar-refractivity contribution in [3.63, 3.8) is 0 Å². The molecule has 0 amide bonds. The maximum absolute atomic E-state index is 9.00. The average Bonchev–Trinajstić information content (AvgIpc) is 1.84. The summed E-state index contributed by atoms with van der Waals surface area (Å²) in [6.07, 6.45) is -0.838. The van der Waals surface area contributed by atoms with E-state index in [1.165, 1.54) is 0 Å².